The summed E-state index contributed by atoms with van der Waals surface area (Å²) in [4.78, 5) is 30.2. The molecule has 5 rings (SSSR count). The van der Waals surface area contributed by atoms with E-state index >= 15 is 0 Å². The highest BCUT2D eigenvalue weighted by molar-refractivity contribution is 6.33. The Morgan fingerprint density at radius 3 is 2.26 bits per heavy atom. The molecular weight excluding hydrogens is 503 g/mol. The summed E-state index contributed by atoms with van der Waals surface area (Å²) < 4.78 is 14.3. The molecule has 8 heteroatoms. The van der Waals surface area contributed by atoms with E-state index < -0.39 is 5.82 Å². The van der Waals surface area contributed by atoms with Crippen molar-refractivity contribution in [1.82, 2.24) is 15.1 Å². The van der Waals surface area contributed by atoms with E-state index in [1.165, 1.54) is 12.1 Å². The fraction of sp³-hybridized carbons (Fsp3) is 0.333. The number of carbonyl (C=O) groups excluding carboxylic acids is 2. The van der Waals surface area contributed by atoms with E-state index in [4.69, 9.17) is 11.6 Å². The highest BCUT2D eigenvalue weighted by Crippen LogP contribution is 2.34. The first-order valence-electron chi connectivity index (χ1n) is 13.0. The van der Waals surface area contributed by atoms with Gasteiger partial charge in [0.05, 0.1) is 16.6 Å². The fourth-order valence-electron chi connectivity index (χ4n) is 5.65. The molecule has 0 spiro atoms. The molecule has 0 bridgehead atoms. The molecule has 2 aliphatic heterocycles. The van der Waals surface area contributed by atoms with Crippen molar-refractivity contribution < 1.29 is 14.0 Å². The van der Waals surface area contributed by atoms with Crippen molar-refractivity contribution >= 4 is 29.1 Å². The van der Waals surface area contributed by atoms with Crippen LogP contribution in [0.1, 0.15) is 38.7 Å². The molecule has 2 aliphatic rings. The molecule has 0 aromatic heterocycles. The van der Waals surface area contributed by atoms with Crippen LogP contribution >= 0.6 is 11.6 Å². The number of rotatable bonds is 8. The lowest BCUT2D eigenvalue weighted by molar-refractivity contribution is 0.0769. The van der Waals surface area contributed by atoms with E-state index in [-0.39, 0.29) is 28.4 Å². The van der Waals surface area contributed by atoms with Crippen LogP contribution in [0.15, 0.2) is 72.8 Å². The molecule has 2 fully saturated rings. The second-order valence-electron chi connectivity index (χ2n) is 10.1. The predicted octanol–water partition coefficient (Wildman–Crippen LogP) is 5.09. The minimum absolute atomic E-state index is 0.0342. The molecular formula is C30H32ClFN4O2. The molecule has 6 nitrogen and oxygen atoms in total. The number of halogens is 2. The molecule has 2 heterocycles. The van der Waals surface area contributed by atoms with E-state index in [9.17, 15) is 14.0 Å². The highest BCUT2D eigenvalue weighted by atomic mass is 35.5. The van der Waals surface area contributed by atoms with Gasteiger partial charge < -0.3 is 20.4 Å². The average Bonchev–Trinajstić information content (AvgIpc) is 3.50. The summed E-state index contributed by atoms with van der Waals surface area (Å²) in [6.45, 7) is 3.79. The molecule has 2 amide bonds. The Balaban J connectivity index is 1.19. The Bertz CT molecular complexity index is 1250. The third kappa shape index (κ3) is 5.69. The van der Waals surface area contributed by atoms with Crippen LogP contribution < -0.4 is 10.6 Å². The van der Waals surface area contributed by atoms with Gasteiger partial charge in [0.15, 0.2) is 0 Å². The SMILES string of the molecule is CNc1ccc(C(=O)N[C@@H](CCN2CC3CN(C(=O)c4c(F)cccc4Cl)CC3C2)c2ccccc2)cc1. The molecule has 2 saturated heterocycles. The molecule has 38 heavy (non-hydrogen) atoms. The van der Waals surface area contributed by atoms with Crippen LogP contribution in [0.4, 0.5) is 10.1 Å². The van der Waals surface area contributed by atoms with Gasteiger partial charge in [0.1, 0.15) is 5.82 Å². The number of nitrogens with zero attached hydrogens (tertiary/aromatic N) is 2. The average molecular weight is 535 g/mol. The van der Waals surface area contributed by atoms with Gasteiger partial charge in [-0.25, -0.2) is 4.39 Å². The Hall–Kier alpha value is -3.42. The summed E-state index contributed by atoms with van der Waals surface area (Å²) in [5.41, 5.74) is 2.62. The van der Waals surface area contributed by atoms with Crippen LogP contribution in [0.25, 0.3) is 0 Å². The summed E-state index contributed by atoms with van der Waals surface area (Å²) in [7, 11) is 1.85. The fourth-order valence-corrected chi connectivity index (χ4v) is 5.89. The van der Waals surface area contributed by atoms with Crippen molar-refractivity contribution in [3.05, 3.63) is 100 Å². The van der Waals surface area contributed by atoms with E-state index in [0.717, 1.165) is 37.3 Å². The molecule has 3 aromatic rings. The third-order valence-corrected chi connectivity index (χ3v) is 8.02. The predicted molar refractivity (Wildman–Crippen MR) is 148 cm³/mol. The lowest BCUT2D eigenvalue weighted by atomic mass is 10.0. The van der Waals surface area contributed by atoms with Crippen molar-refractivity contribution in [1.29, 1.82) is 0 Å². The van der Waals surface area contributed by atoms with Crippen molar-refractivity contribution in [3.63, 3.8) is 0 Å². The second kappa shape index (κ2) is 11.5. The number of likely N-dealkylation sites (tertiary alicyclic amines) is 2. The first kappa shape index (κ1) is 26.2. The van der Waals surface area contributed by atoms with Gasteiger partial charge in [0.2, 0.25) is 0 Å². The Morgan fingerprint density at radius 1 is 0.947 bits per heavy atom. The molecule has 0 radical (unpaired) electrons. The number of fused-ring (bicyclic) bond motifs is 1. The largest absolute Gasteiger partial charge is 0.388 e. The summed E-state index contributed by atoms with van der Waals surface area (Å²) in [5.74, 6) is -0.308. The topological polar surface area (TPSA) is 64.7 Å². The van der Waals surface area contributed by atoms with Crippen LogP contribution in [-0.4, -0.2) is 61.4 Å². The third-order valence-electron chi connectivity index (χ3n) is 7.70. The minimum atomic E-state index is -0.576. The van der Waals surface area contributed by atoms with E-state index in [0.29, 0.717) is 30.5 Å². The number of hydrogen-bond acceptors (Lipinski definition) is 4. The number of amides is 2. The van der Waals surface area contributed by atoms with Crippen molar-refractivity contribution in [2.75, 3.05) is 45.1 Å². The zero-order valence-electron chi connectivity index (χ0n) is 21.4. The number of hydrogen-bond donors (Lipinski definition) is 2. The van der Waals surface area contributed by atoms with E-state index in [1.807, 2.05) is 61.6 Å². The zero-order valence-corrected chi connectivity index (χ0v) is 22.1. The summed E-state index contributed by atoms with van der Waals surface area (Å²) in [6, 6.07) is 21.7. The van der Waals surface area contributed by atoms with Crippen molar-refractivity contribution in [2.45, 2.75) is 12.5 Å². The number of benzene rings is 3. The van der Waals surface area contributed by atoms with Crippen LogP contribution in [0.3, 0.4) is 0 Å². The zero-order chi connectivity index (χ0) is 26.6. The van der Waals surface area contributed by atoms with Gasteiger partial charge >= 0.3 is 0 Å². The number of nitrogens with one attached hydrogen (secondary N) is 2. The van der Waals surface area contributed by atoms with Gasteiger partial charge in [-0.2, -0.15) is 0 Å². The molecule has 0 aliphatic carbocycles. The van der Waals surface area contributed by atoms with Crippen LogP contribution in [0, 0.1) is 17.7 Å². The summed E-state index contributed by atoms with van der Waals surface area (Å²) >= 11 is 6.13. The monoisotopic (exact) mass is 534 g/mol. The molecule has 198 valence electrons. The van der Waals surface area contributed by atoms with E-state index in [1.54, 1.807) is 11.0 Å². The number of anilines is 1. The van der Waals surface area contributed by atoms with Gasteiger partial charge in [-0.1, -0.05) is 48.0 Å². The second-order valence-corrected chi connectivity index (χ2v) is 10.5. The Morgan fingerprint density at radius 2 is 1.63 bits per heavy atom. The standard InChI is InChI=1S/C30H32ClFN4O2/c1-33-24-12-10-21(11-13-24)29(37)34-27(20-6-3-2-4-7-20)14-15-35-16-22-18-36(19-23(22)17-35)30(38)28-25(31)8-5-9-26(28)32/h2-13,22-23,27,33H,14-19H2,1H3,(H,34,37)/t22?,23?,27-/m0/s1. The normalized spacial score (nSPS) is 19.7. The van der Waals surface area contributed by atoms with E-state index in [2.05, 4.69) is 15.5 Å². The van der Waals surface area contributed by atoms with Crippen molar-refractivity contribution in [2.24, 2.45) is 11.8 Å². The van der Waals surface area contributed by atoms with Gasteiger partial charge in [-0.05, 0) is 60.2 Å². The maximum Gasteiger partial charge on any atom is 0.258 e. The van der Waals surface area contributed by atoms with Crippen molar-refractivity contribution in [3.8, 4) is 0 Å². The lowest BCUT2D eigenvalue weighted by Gasteiger charge is -2.25. The smallest absolute Gasteiger partial charge is 0.258 e. The molecule has 0 saturated carbocycles. The molecule has 3 atom stereocenters. The molecule has 2 N–H and O–H groups in total. The Labute approximate surface area is 227 Å². The first-order chi connectivity index (χ1) is 18.4. The maximum atomic E-state index is 14.3. The maximum absolute atomic E-state index is 14.3. The quantitative estimate of drug-likeness (QED) is 0.423. The molecule has 3 aromatic carbocycles. The van der Waals surface area contributed by atoms with Crippen LogP contribution in [0.2, 0.25) is 5.02 Å². The summed E-state index contributed by atoms with van der Waals surface area (Å²) in [6.07, 6.45) is 0.775. The van der Waals surface area contributed by atoms with Gasteiger partial charge in [0.25, 0.3) is 11.8 Å². The highest BCUT2D eigenvalue weighted by Gasteiger charge is 2.42. The van der Waals surface area contributed by atoms with Gasteiger partial charge in [-0.3, -0.25) is 9.59 Å². The minimum Gasteiger partial charge on any atom is -0.388 e. The molecule has 2 unspecified atom stereocenters. The number of carbonyl (C=O) groups is 2. The lowest BCUT2D eigenvalue weighted by Crippen LogP contribution is -2.35. The van der Waals surface area contributed by atoms with Gasteiger partial charge in [-0.15, -0.1) is 0 Å². The van der Waals surface area contributed by atoms with Crippen LogP contribution in [-0.2, 0) is 0 Å². The first-order valence-corrected chi connectivity index (χ1v) is 13.4. The Kier molecular flexibility index (Phi) is 7.95. The van der Waals surface area contributed by atoms with Gasteiger partial charge in [0, 0.05) is 51.0 Å². The van der Waals surface area contributed by atoms with Crippen LogP contribution in [0.5, 0.6) is 0 Å². The summed E-state index contributed by atoms with van der Waals surface area (Å²) in [5, 5.41) is 6.45.